The van der Waals surface area contributed by atoms with Crippen molar-refractivity contribution in [1.29, 1.82) is 0 Å². The standard InChI is InChI=1S/C13H19N5/c1-4-12-16-13(5-2)18(17-12)11-6-7-15-10(8-11)9-14-3/h6-8,14H,4-5,9H2,1-3H3. The summed E-state index contributed by atoms with van der Waals surface area (Å²) in [5, 5.41) is 7.63. The zero-order valence-electron chi connectivity index (χ0n) is 11.1. The molecule has 0 aromatic carbocycles. The fourth-order valence-electron chi connectivity index (χ4n) is 1.85. The van der Waals surface area contributed by atoms with Gasteiger partial charge in [0, 0.05) is 25.6 Å². The normalized spacial score (nSPS) is 10.8. The van der Waals surface area contributed by atoms with Crippen molar-refractivity contribution in [2.75, 3.05) is 7.05 Å². The van der Waals surface area contributed by atoms with Gasteiger partial charge in [-0.3, -0.25) is 4.98 Å². The molecule has 0 radical (unpaired) electrons. The first-order chi connectivity index (χ1) is 8.78. The van der Waals surface area contributed by atoms with E-state index < -0.39 is 0 Å². The van der Waals surface area contributed by atoms with Crippen LogP contribution in [0.2, 0.25) is 0 Å². The number of rotatable bonds is 5. The molecular weight excluding hydrogens is 226 g/mol. The highest BCUT2D eigenvalue weighted by Gasteiger charge is 2.09. The predicted molar refractivity (Wildman–Crippen MR) is 70.7 cm³/mol. The van der Waals surface area contributed by atoms with E-state index in [4.69, 9.17) is 0 Å². The molecule has 0 saturated heterocycles. The summed E-state index contributed by atoms with van der Waals surface area (Å²) in [6, 6.07) is 4.01. The Morgan fingerprint density at radius 2 is 2.11 bits per heavy atom. The fraction of sp³-hybridized carbons (Fsp3) is 0.462. The maximum absolute atomic E-state index is 4.53. The van der Waals surface area contributed by atoms with E-state index in [1.165, 1.54) is 0 Å². The molecule has 2 rings (SSSR count). The molecule has 0 unspecified atom stereocenters. The summed E-state index contributed by atoms with van der Waals surface area (Å²) in [4.78, 5) is 8.83. The average Bonchev–Trinajstić information content (AvgIpc) is 2.83. The molecule has 96 valence electrons. The smallest absolute Gasteiger partial charge is 0.151 e. The Balaban J connectivity index is 2.40. The van der Waals surface area contributed by atoms with E-state index >= 15 is 0 Å². The molecule has 2 aromatic heterocycles. The van der Waals surface area contributed by atoms with E-state index in [0.29, 0.717) is 0 Å². The molecule has 0 bridgehead atoms. The summed E-state index contributed by atoms with van der Waals surface area (Å²) in [5.74, 6) is 1.88. The van der Waals surface area contributed by atoms with Gasteiger partial charge in [-0.1, -0.05) is 13.8 Å². The zero-order chi connectivity index (χ0) is 13.0. The number of hydrogen-bond acceptors (Lipinski definition) is 4. The van der Waals surface area contributed by atoms with Gasteiger partial charge in [-0.15, -0.1) is 0 Å². The van der Waals surface area contributed by atoms with E-state index in [1.54, 1.807) is 0 Å². The Hall–Kier alpha value is -1.75. The van der Waals surface area contributed by atoms with E-state index in [-0.39, 0.29) is 0 Å². The Bertz CT molecular complexity index is 518. The second kappa shape index (κ2) is 5.73. The molecule has 0 aliphatic carbocycles. The predicted octanol–water partition coefficient (Wildman–Crippen LogP) is 1.51. The number of hydrogen-bond donors (Lipinski definition) is 1. The van der Waals surface area contributed by atoms with Crippen LogP contribution in [0, 0.1) is 0 Å². The third-order valence-corrected chi connectivity index (χ3v) is 2.75. The number of nitrogens with one attached hydrogen (secondary N) is 1. The first kappa shape index (κ1) is 12.7. The van der Waals surface area contributed by atoms with Crippen molar-refractivity contribution in [2.24, 2.45) is 0 Å². The minimum absolute atomic E-state index is 0.755. The SMILES string of the molecule is CCc1nc(CC)n(-c2ccnc(CNC)c2)n1. The van der Waals surface area contributed by atoms with E-state index in [2.05, 4.69) is 34.2 Å². The molecule has 2 heterocycles. The molecule has 0 fully saturated rings. The van der Waals surface area contributed by atoms with Gasteiger partial charge in [0.1, 0.15) is 5.82 Å². The van der Waals surface area contributed by atoms with Gasteiger partial charge in [0.05, 0.1) is 11.4 Å². The summed E-state index contributed by atoms with van der Waals surface area (Å²) < 4.78 is 1.92. The number of nitrogens with zero attached hydrogens (tertiary/aromatic N) is 4. The largest absolute Gasteiger partial charge is 0.314 e. The van der Waals surface area contributed by atoms with Crippen LogP contribution in [-0.2, 0) is 19.4 Å². The fourth-order valence-corrected chi connectivity index (χ4v) is 1.85. The molecule has 5 nitrogen and oxygen atoms in total. The number of pyridine rings is 1. The van der Waals surface area contributed by atoms with Gasteiger partial charge < -0.3 is 5.32 Å². The topological polar surface area (TPSA) is 55.6 Å². The van der Waals surface area contributed by atoms with Crippen LogP contribution in [0.4, 0.5) is 0 Å². The second-order valence-corrected chi connectivity index (χ2v) is 4.10. The second-order valence-electron chi connectivity index (χ2n) is 4.10. The third-order valence-electron chi connectivity index (χ3n) is 2.75. The van der Waals surface area contributed by atoms with Crippen molar-refractivity contribution in [3.05, 3.63) is 35.7 Å². The zero-order valence-corrected chi connectivity index (χ0v) is 11.1. The van der Waals surface area contributed by atoms with Crippen molar-refractivity contribution in [3.8, 4) is 5.69 Å². The lowest BCUT2D eigenvalue weighted by atomic mass is 10.3. The van der Waals surface area contributed by atoms with Gasteiger partial charge in [-0.2, -0.15) is 5.10 Å². The first-order valence-electron chi connectivity index (χ1n) is 6.33. The van der Waals surface area contributed by atoms with Crippen LogP contribution in [0.15, 0.2) is 18.3 Å². The molecule has 1 N–H and O–H groups in total. The monoisotopic (exact) mass is 245 g/mol. The van der Waals surface area contributed by atoms with Crippen molar-refractivity contribution in [2.45, 2.75) is 33.2 Å². The first-order valence-corrected chi connectivity index (χ1v) is 6.33. The lowest BCUT2D eigenvalue weighted by Crippen LogP contribution is -2.09. The molecule has 0 spiro atoms. The van der Waals surface area contributed by atoms with E-state index in [9.17, 15) is 0 Å². The van der Waals surface area contributed by atoms with Gasteiger partial charge in [0.2, 0.25) is 0 Å². The highest BCUT2D eigenvalue weighted by Crippen LogP contribution is 2.11. The minimum atomic E-state index is 0.755. The van der Waals surface area contributed by atoms with Crippen LogP contribution in [0.25, 0.3) is 5.69 Å². The van der Waals surface area contributed by atoms with E-state index in [0.717, 1.165) is 42.4 Å². The highest BCUT2D eigenvalue weighted by molar-refractivity contribution is 5.32. The van der Waals surface area contributed by atoms with Crippen LogP contribution < -0.4 is 5.32 Å². The summed E-state index contributed by atoms with van der Waals surface area (Å²) in [5.41, 5.74) is 2.03. The molecule has 0 saturated carbocycles. The maximum Gasteiger partial charge on any atom is 0.151 e. The Morgan fingerprint density at radius 1 is 1.28 bits per heavy atom. The molecule has 2 aromatic rings. The van der Waals surface area contributed by atoms with Crippen LogP contribution in [-0.4, -0.2) is 26.8 Å². The summed E-state index contributed by atoms with van der Waals surface area (Å²) in [6.07, 6.45) is 3.54. The number of aromatic nitrogens is 4. The van der Waals surface area contributed by atoms with Crippen LogP contribution >= 0.6 is 0 Å². The quantitative estimate of drug-likeness (QED) is 0.867. The Kier molecular flexibility index (Phi) is 4.04. The van der Waals surface area contributed by atoms with Gasteiger partial charge in [0.15, 0.2) is 5.82 Å². The number of aryl methyl sites for hydroxylation is 2. The van der Waals surface area contributed by atoms with Gasteiger partial charge in [-0.05, 0) is 19.2 Å². The summed E-state index contributed by atoms with van der Waals surface area (Å²) in [7, 11) is 1.91. The summed E-state index contributed by atoms with van der Waals surface area (Å²) in [6.45, 7) is 4.92. The third kappa shape index (κ3) is 2.56. The van der Waals surface area contributed by atoms with Crippen molar-refractivity contribution in [3.63, 3.8) is 0 Å². The Labute approximate surface area is 107 Å². The maximum atomic E-state index is 4.53. The van der Waals surface area contributed by atoms with Crippen molar-refractivity contribution >= 4 is 0 Å². The summed E-state index contributed by atoms with van der Waals surface area (Å²) >= 11 is 0. The molecular formula is C13H19N5. The van der Waals surface area contributed by atoms with Crippen LogP contribution in [0.1, 0.15) is 31.2 Å². The molecule has 0 atom stereocenters. The highest BCUT2D eigenvalue weighted by atomic mass is 15.3. The molecule has 18 heavy (non-hydrogen) atoms. The molecule has 5 heteroatoms. The van der Waals surface area contributed by atoms with Gasteiger partial charge in [-0.25, -0.2) is 9.67 Å². The molecule has 0 aliphatic rings. The molecule has 0 amide bonds. The van der Waals surface area contributed by atoms with Gasteiger partial charge in [0.25, 0.3) is 0 Å². The minimum Gasteiger partial charge on any atom is -0.314 e. The van der Waals surface area contributed by atoms with Crippen molar-refractivity contribution < 1.29 is 0 Å². The van der Waals surface area contributed by atoms with Crippen LogP contribution in [0.5, 0.6) is 0 Å². The van der Waals surface area contributed by atoms with E-state index in [1.807, 2.05) is 30.1 Å². The van der Waals surface area contributed by atoms with Crippen LogP contribution in [0.3, 0.4) is 0 Å². The Morgan fingerprint density at radius 3 is 2.78 bits per heavy atom. The molecule has 0 aliphatic heterocycles. The lowest BCUT2D eigenvalue weighted by Gasteiger charge is -2.06. The lowest BCUT2D eigenvalue weighted by molar-refractivity contribution is 0.767. The van der Waals surface area contributed by atoms with Gasteiger partial charge >= 0.3 is 0 Å². The van der Waals surface area contributed by atoms with Crippen molar-refractivity contribution in [1.82, 2.24) is 25.1 Å². The average molecular weight is 245 g/mol.